The van der Waals surface area contributed by atoms with Gasteiger partial charge >= 0.3 is 0 Å². The molecule has 2 unspecified atom stereocenters. The molecule has 1 aromatic carbocycles. The van der Waals surface area contributed by atoms with Gasteiger partial charge in [-0.05, 0) is 19.3 Å². The fourth-order valence-corrected chi connectivity index (χ4v) is 2.02. The van der Waals surface area contributed by atoms with E-state index in [1.54, 1.807) is 0 Å². The first kappa shape index (κ1) is 11.3. The van der Waals surface area contributed by atoms with Gasteiger partial charge in [0, 0.05) is 24.6 Å². The zero-order valence-electron chi connectivity index (χ0n) is 8.83. The van der Waals surface area contributed by atoms with Crippen molar-refractivity contribution in [3.63, 3.8) is 0 Å². The number of ether oxygens (including phenoxy) is 1. The smallest absolute Gasteiger partial charge is 0.129 e. The van der Waals surface area contributed by atoms with Gasteiger partial charge in [-0.25, -0.2) is 8.78 Å². The molecule has 2 atom stereocenters. The van der Waals surface area contributed by atoms with Gasteiger partial charge < -0.3 is 9.84 Å². The summed E-state index contributed by atoms with van der Waals surface area (Å²) in [5, 5.41) is 9.44. The molecule has 2 nitrogen and oxygen atoms in total. The minimum absolute atomic E-state index is 0.148. The molecule has 0 heterocycles. The van der Waals surface area contributed by atoms with Gasteiger partial charge in [-0.2, -0.15) is 0 Å². The summed E-state index contributed by atoms with van der Waals surface area (Å²) in [5.74, 6) is -1.10. The van der Waals surface area contributed by atoms with Crippen molar-refractivity contribution in [1.82, 2.24) is 0 Å². The van der Waals surface area contributed by atoms with Crippen LogP contribution in [0.1, 0.15) is 25.7 Å². The molecule has 2 rings (SSSR count). The Bertz CT molecular complexity index is 348. The monoisotopic (exact) mass is 228 g/mol. The van der Waals surface area contributed by atoms with Gasteiger partial charge in [0.2, 0.25) is 0 Å². The molecule has 1 aliphatic rings. The van der Waals surface area contributed by atoms with E-state index in [0.717, 1.165) is 37.5 Å². The van der Waals surface area contributed by atoms with Crippen LogP contribution in [0.15, 0.2) is 18.2 Å². The fourth-order valence-electron chi connectivity index (χ4n) is 2.02. The minimum atomic E-state index is -0.647. The third-order valence-corrected chi connectivity index (χ3v) is 2.74. The SMILES string of the molecule is OC1CCCC(Oc2cc(F)cc(F)c2)C1. The summed E-state index contributed by atoms with van der Waals surface area (Å²) in [6.45, 7) is 0. The average molecular weight is 228 g/mol. The second-order valence-corrected chi connectivity index (χ2v) is 4.17. The predicted molar refractivity (Wildman–Crippen MR) is 55.2 cm³/mol. The second-order valence-electron chi connectivity index (χ2n) is 4.17. The minimum Gasteiger partial charge on any atom is -0.490 e. The van der Waals surface area contributed by atoms with E-state index in [9.17, 15) is 13.9 Å². The zero-order valence-corrected chi connectivity index (χ0v) is 8.83. The van der Waals surface area contributed by atoms with Crippen LogP contribution in [0.5, 0.6) is 5.75 Å². The van der Waals surface area contributed by atoms with Crippen molar-refractivity contribution in [2.24, 2.45) is 0 Å². The highest BCUT2D eigenvalue weighted by Crippen LogP contribution is 2.24. The van der Waals surface area contributed by atoms with Crippen LogP contribution in [0.3, 0.4) is 0 Å². The summed E-state index contributed by atoms with van der Waals surface area (Å²) in [6.07, 6.45) is 2.48. The number of benzene rings is 1. The molecule has 88 valence electrons. The lowest BCUT2D eigenvalue weighted by Crippen LogP contribution is -2.28. The van der Waals surface area contributed by atoms with Gasteiger partial charge in [0.25, 0.3) is 0 Å². The van der Waals surface area contributed by atoms with E-state index in [1.807, 2.05) is 0 Å². The molecule has 1 N–H and O–H groups in total. The van der Waals surface area contributed by atoms with Gasteiger partial charge in [0.05, 0.1) is 6.10 Å². The summed E-state index contributed by atoms with van der Waals surface area (Å²) in [4.78, 5) is 0. The van der Waals surface area contributed by atoms with Gasteiger partial charge in [-0.15, -0.1) is 0 Å². The molecule has 0 bridgehead atoms. The summed E-state index contributed by atoms with van der Waals surface area (Å²) >= 11 is 0. The molecule has 1 aliphatic carbocycles. The normalized spacial score (nSPS) is 25.4. The van der Waals surface area contributed by atoms with Gasteiger partial charge in [0.1, 0.15) is 23.5 Å². The van der Waals surface area contributed by atoms with Crippen molar-refractivity contribution < 1.29 is 18.6 Å². The van der Waals surface area contributed by atoms with Crippen molar-refractivity contribution in [1.29, 1.82) is 0 Å². The van der Waals surface area contributed by atoms with E-state index in [4.69, 9.17) is 4.74 Å². The van der Waals surface area contributed by atoms with Gasteiger partial charge in [-0.3, -0.25) is 0 Å². The topological polar surface area (TPSA) is 29.5 Å². The van der Waals surface area contributed by atoms with Crippen LogP contribution in [0, 0.1) is 11.6 Å². The quantitative estimate of drug-likeness (QED) is 0.843. The summed E-state index contributed by atoms with van der Waals surface area (Å²) in [7, 11) is 0. The van der Waals surface area contributed by atoms with E-state index in [0.29, 0.717) is 6.42 Å². The highest BCUT2D eigenvalue weighted by molar-refractivity contribution is 5.24. The van der Waals surface area contributed by atoms with E-state index in [1.165, 1.54) is 0 Å². The molecule has 1 fully saturated rings. The van der Waals surface area contributed by atoms with Crippen LogP contribution in [-0.4, -0.2) is 17.3 Å². The first-order chi connectivity index (χ1) is 7.63. The van der Waals surface area contributed by atoms with Crippen LogP contribution in [-0.2, 0) is 0 Å². The summed E-state index contributed by atoms with van der Waals surface area (Å²) in [6, 6.07) is 3.12. The highest BCUT2D eigenvalue weighted by Gasteiger charge is 2.21. The molecule has 1 saturated carbocycles. The molecule has 0 aromatic heterocycles. The predicted octanol–water partition coefficient (Wildman–Crippen LogP) is 2.65. The largest absolute Gasteiger partial charge is 0.490 e. The van der Waals surface area contributed by atoms with Crippen molar-refractivity contribution in [2.75, 3.05) is 0 Å². The lowest BCUT2D eigenvalue weighted by molar-refractivity contribution is 0.0534. The molecule has 0 aliphatic heterocycles. The third-order valence-electron chi connectivity index (χ3n) is 2.74. The van der Waals surface area contributed by atoms with Crippen LogP contribution in [0.4, 0.5) is 8.78 Å². The van der Waals surface area contributed by atoms with E-state index < -0.39 is 11.6 Å². The van der Waals surface area contributed by atoms with Crippen LogP contribution in [0.25, 0.3) is 0 Å². The Labute approximate surface area is 92.9 Å². The molecule has 0 radical (unpaired) electrons. The van der Waals surface area contributed by atoms with Gasteiger partial charge in [-0.1, -0.05) is 0 Å². The summed E-state index contributed by atoms with van der Waals surface area (Å²) in [5.41, 5.74) is 0. The number of aliphatic hydroxyl groups excluding tert-OH is 1. The average Bonchev–Trinajstić information content (AvgIpc) is 2.15. The van der Waals surface area contributed by atoms with E-state index in [-0.39, 0.29) is 18.0 Å². The first-order valence-corrected chi connectivity index (χ1v) is 5.44. The molecule has 0 spiro atoms. The first-order valence-electron chi connectivity index (χ1n) is 5.44. The summed E-state index contributed by atoms with van der Waals surface area (Å²) < 4.78 is 31.2. The fraction of sp³-hybridized carbons (Fsp3) is 0.500. The van der Waals surface area contributed by atoms with E-state index in [2.05, 4.69) is 0 Å². The van der Waals surface area contributed by atoms with E-state index >= 15 is 0 Å². The maximum absolute atomic E-state index is 12.9. The Morgan fingerprint density at radius 2 is 1.81 bits per heavy atom. The zero-order chi connectivity index (χ0) is 11.5. The van der Waals surface area contributed by atoms with Crippen LogP contribution in [0.2, 0.25) is 0 Å². The standard InChI is InChI=1S/C12H14F2O2/c13-8-4-9(14)6-12(5-8)16-11-3-1-2-10(15)7-11/h4-6,10-11,15H,1-3,7H2. The molecular weight excluding hydrogens is 214 g/mol. The van der Waals surface area contributed by atoms with Crippen molar-refractivity contribution in [2.45, 2.75) is 37.9 Å². The Kier molecular flexibility index (Phi) is 3.39. The number of halogens is 2. The number of hydrogen-bond acceptors (Lipinski definition) is 2. The number of aliphatic hydroxyl groups is 1. The highest BCUT2D eigenvalue weighted by atomic mass is 19.1. The second kappa shape index (κ2) is 4.78. The van der Waals surface area contributed by atoms with Crippen LogP contribution >= 0.6 is 0 Å². The Hall–Kier alpha value is -1.16. The Morgan fingerprint density at radius 3 is 2.44 bits per heavy atom. The molecule has 0 amide bonds. The Morgan fingerprint density at radius 1 is 1.12 bits per heavy atom. The molecule has 16 heavy (non-hydrogen) atoms. The molecular formula is C12H14F2O2. The van der Waals surface area contributed by atoms with Gasteiger partial charge in [0.15, 0.2) is 0 Å². The lowest BCUT2D eigenvalue weighted by Gasteiger charge is -2.26. The van der Waals surface area contributed by atoms with Crippen molar-refractivity contribution in [3.8, 4) is 5.75 Å². The maximum atomic E-state index is 12.9. The molecule has 1 aromatic rings. The number of hydrogen-bond donors (Lipinski definition) is 1. The molecule has 0 saturated heterocycles. The number of rotatable bonds is 2. The maximum Gasteiger partial charge on any atom is 0.129 e. The third kappa shape index (κ3) is 2.92. The van der Waals surface area contributed by atoms with Crippen molar-refractivity contribution in [3.05, 3.63) is 29.8 Å². The van der Waals surface area contributed by atoms with Crippen molar-refractivity contribution >= 4 is 0 Å². The van der Waals surface area contributed by atoms with Crippen LogP contribution < -0.4 is 4.74 Å². The molecule has 4 heteroatoms. The Balaban J connectivity index is 2.02. The lowest BCUT2D eigenvalue weighted by atomic mass is 9.95.